The second-order valence-corrected chi connectivity index (χ2v) is 8.46. The van der Waals surface area contributed by atoms with Crippen molar-refractivity contribution < 1.29 is 4.79 Å². The molecule has 0 radical (unpaired) electrons. The molecule has 1 aliphatic rings. The number of aryl methyl sites for hydroxylation is 1. The normalized spacial score (nSPS) is 16.0. The van der Waals surface area contributed by atoms with Crippen LogP contribution in [0.1, 0.15) is 23.1 Å². The van der Waals surface area contributed by atoms with Gasteiger partial charge in [0.2, 0.25) is 5.91 Å². The van der Waals surface area contributed by atoms with E-state index in [2.05, 4.69) is 71.9 Å². The number of hydrogen-bond donors (Lipinski definition) is 2. The molecule has 2 N–H and O–H groups in total. The number of carbonyl (C=O) groups is 1. The molecule has 1 heterocycles. The average Bonchev–Trinajstić information content (AvgIpc) is 3.13. The van der Waals surface area contributed by atoms with Crippen molar-refractivity contribution in [2.24, 2.45) is 10.9 Å². The molecule has 1 amide bonds. The first-order valence-electron chi connectivity index (χ1n) is 11.0. The van der Waals surface area contributed by atoms with Gasteiger partial charge in [0.05, 0.1) is 0 Å². The number of rotatable bonds is 8. The van der Waals surface area contributed by atoms with E-state index in [0.29, 0.717) is 18.9 Å². The first kappa shape index (κ1) is 26.0. The molecule has 174 valence electrons. The van der Waals surface area contributed by atoms with E-state index in [-0.39, 0.29) is 29.9 Å². The molecule has 0 aliphatic carbocycles. The molecule has 1 fully saturated rings. The number of guanidine groups is 1. The van der Waals surface area contributed by atoms with Gasteiger partial charge in [0.25, 0.3) is 0 Å². The number of nitrogens with zero attached hydrogens (tertiary/aromatic N) is 3. The predicted molar refractivity (Wildman–Crippen MR) is 144 cm³/mol. The summed E-state index contributed by atoms with van der Waals surface area (Å²) in [5.74, 6) is 1.33. The number of amides is 1. The van der Waals surface area contributed by atoms with Gasteiger partial charge < -0.3 is 20.4 Å². The summed E-state index contributed by atoms with van der Waals surface area (Å²) in [6.07, 6.45) is 1.51. The van der Waals surface area contributed by atoms with Gasteiger partial charge in [0.15, 0.2) is 5.96 Å². The van der Waals surface area contributed by atoms with E-state index in [4.69, 9.17) is 0 Å². The lowest BCUT2D eigenvalue weighted by Gasteiger charge is -2.18. The molecule has 0 spiro atoms. The maximum Gasteiger partial charge on any atom is 0.223 e. The minimum absolute atomic E-state index is 0. The molecule has 0 bridgehead atoms. The Bertz CT molecular complexity index is 900. The van der Waals surface area contributed by atoms with E-state index >= 15 is 0 Å². The van der Waals surface area contributed by atoms with Crippen molar-refractivity contribution >= 4 is 41.5 Å². The Kier molecular flexibility index (Phi) is 10.3. The van der Waals surface area contributed by atoms with Gasteiger partial charge in [0.1, 0.15) is 0 Å². The lowest BCUT2D eigenvalue weighted by molar-refractivity contribution is -0.127. The fraction of sp³-hybridized carbons (Fsp3) is 0.440. The molecule has 1 unspecified atom stereocenters. The van der Waals surface area contributed by atoms with Crippen molar-refractivity contribution in [1.29, 1.82) is 0 Å². The summed E-state index contributed by atoms with van der Waals surface area (Å²) < 4.78 is 0. The highest BCUT2D eigenvalue weighted by atomic mass is 127. The van der Waals surface area contributed by atoms with Gasteiger partial charge in [-0.3, -0.25) is 9.79 Å². The van der Waals surface area contributed by atoms with Crippen LogP contribution in [0.3, 0.4) is 0 Å². The van der Waals surface area contributed by atoms with Crippen LogP contribution in [-0.2, 0) is 17.8 Å². The van der Waals surface area contributed by atoms with Crippen molar-refractivity contribution in [2.45, 2.75) is 26.3 Å². The molecule has 1 aliphatic heterocycles. The Labute approximate surface area is 209 Å². The van der Waals surface area contributed by atoms with E-state index in [1.54, 1.807) is 7.05 Å². The van der Waals surface area contributed by atoms with Crippen LogP contribution < -0.4 is 15.5 Å². The maximum atomic E-state index is 12.4. The second-order valence-electron chi connectivity index (χ2n) is 8.46. The number of benzene rings is 2. The Morgan fingerprint density at radius 1 is 1.16 bits per heavy atom. The van der Waals surface area contributed by atoms with Crippen LogP contribution in [0.4, 0.5) is 5.69 Å². The van der Waals surface area contributed by atoms with Crippen LogP contribution in [0.15, 0.2) is 53.5 Å². The highest BCUT2D eigenvalue weighted by molar-refractivity contribution is 14.0. The van der Waals surface area contributed by atoms with E-state index in [9.17, 15) is 4.79 Å². The molecule has 2 aromatic rings. The average molecular weight is 550 g/mol. The molecule has 1 saturated heterocycles. The van der Waals surface area contributed by atoms with Crippen LogP contribution in [0.5, 0.6) is 0 Å². The van der Waals surface area contributed by atoms with Crippen LogP contribution in [0.25, 0.3) is 0 Å². The van der Waals surface area contributed by atoms with Crippen molar-refractivity contribution in [3.63, 3.8) is 0 Å². The van der Waals surface area contributed by atoms with Gasteiger partial charge in [-0.15, -0.1) is 24.0 Å². The smallest absolute Gasteiger partial charge is 0.223 e. The highest BCUT2D eigenvalue weighted by Gasteiger charge is 2.29. The van der Waals surface area contributed by atoms with Crippen molar-refractivity contribution in [3.05, 3.63) is 65.2 Å². The van der Waals surface area contributed by atoms with Crippen LogP contribution in [0.2, 0.25) is 0 Å². The van der Waals surface area contributed by atoms with Crippen molar-refractivity contribution in [1.82, 2.24) is 15.5 Å². The topological polar surface area (TPSA) is 60.0 Å². The maximum absolute atomic E-state index is 12.4. The highest BCUT2D eigenvalue weighted by Crippen LogP contribution is 2.18. The third kappa shape index (κ3) is 7.39. The summed E-state index contributed by atoms with van der Waals surface area (Å²) in [5.41, 5.74) is 4.98. The van der Waals surface area contributed by atoms with Crippen LogP contribution in [-0.4, -0.2) is 57.5 Å². The molecular weight excluding hydrogens is 513 g/mol. The lowest BCUT2D eigenvalue weighted by atomic mass is 10.1. The number of likely N-dealkylation sites (tertiary alicyclic amines) is 1. The van der Waals surface area contributed by atoms with Crippen LogP contribution in [0, 0.1) is 12.8 Å². The van der Waals surface area contributed by atoms with E-state index in [1.807, 2.05) is 23.1 Å². The number of anilines is 1. The number of nitrogens with one attached hydrogen (secondary N) is 2. The van der Waals surface area contributed by atoms with Gasteiger partial charge in [-0.1, -0.05) is 36.4 Å². The SMILES string of the molecule is CN=C(NCc1ccc(N(C)C)cc1C)NCC1CC(=O)N(CCc2ccccc2)C1.I. The largest absolute Gasteiger partial charge is 0.378 e. The summed E-state index contributed by atoms with van der Waals surface area (Å²) in [4.78, 5) is 20.8. The van der Waals surface area contributed by atoms with Crippen molar-refractivity contribution in [3.8, 4) is 0 Å². The van der Waals surface area contributed by atoms with E-state index in [1.165, 1.54) is 22.4 Å². The summed E-state index contributed by atoms with van der Waals surface area (Å²) in [5, 5.41) is 6.79. The lowest BCUT2D eigenvalue weighted by Crippen LogP contribution is -2.40. The summed E-state index contributed by atoms with van der Waals surface area (Å²) in [7, 11) is 5.88. The monoisotopic (exact) mass is 549 g/mol. The quantitative estimate of drug-likeness (QED) is 0.301. The number of carbonyl (C=O) groups excluding carboxylic acids is 1. The molecule has 2 aromatic carbocycles. The number of aliphatic imine (C=N–C) groups is 1. The number of halogens is 1. The van der Waals surface area contributed by atoms with Crippen molar-refractivity contribution in [2.75, 3.05) is 45.7 Å². The predicted octanol–water partition coefficient (Wildman–Crippen LogP) is 3.44. The molecule has 6 nitrogen and oxygen atoms in total. The molecule has 32 heavy (non-hydrogen) atoms. The standard InChI is InChI=1S/C25H35N5O.HI/c1-19-14-23(29(3)4)11-10-22(19)17-28-25(26-2)27-16-21-15-24(31)30(18-21)13-12-20-8-6-5-7-9-20;/h5-11,14,21H,12-13,15-18H2,1-4H3,(H2,26,27,28);1H. The minimum atomic E-state index is 0. The summed E-state index contributed by atoms with van der Waals surface area (Å²) in [6, 6.07) is 16.8. The molecule has 1 atom stereocenters. The first-order valence-corrected chi connectivity index (χ1v) is 11.0. The molecular formula is C25H36IN5O. The van der Waals surface area contributed by atoms with Gasteiger partial charge in [-0.2, -0.15) is 0 Å². The Morgan fingerprint density at radius 2 is 1.91 bits per heavy atom. The van der Waals surface area contributed by atoms with Gasteiger partial charge in [-0.05, 0) is 42.2 Å². The Hall–Kier alpha value is -2.29. The fourth-order valence-electron chi connectivity index (χ4n) is 3.91. The van der Waals surface area contributed by atoms with E-state index in [0.717, 1.165) is 32.0 Å². The molecule has 3 rings (SSSR count). The Morgan fingerprint density at radius 3 is 2.56 bits per heavy atom. The van der Waals surface area contributed by atoms with E-state index < -0.39 is 0 Å². The number of hydrogen-bond acceptors (Lipinski definition) is 3. The summed E-state index contributed by atoms with van der Waals surface area (Å²) in [6.45, 7) is 5.18. The zero-order valence-electron chi connectivity index (χ0n) is 19.6. The first-order chi connectivity index (χ1) is 15.0. The Balaban J connectivity index is 0.00000363. The third-order valence-corrected chi connectivity index (χ3v) is 5.88. The molecule has 0 aromatic heterocycles. The molecule has 7 heteroatoms. The van der Waals surface area contributed by atoms with Gasteiger partial charge in [-0.25, -0.2) is 0 Å². The third-order valence-electron chi connectivity index (χ3n) is 5.88. The zero-order valence-corrected chi connectivity index (χ0v) is 21.9. The minimum Gasteiger partial charge on any atom is -0.378 e. The zero-order chi connectivity index (χ0) is 22.2. The van der Waals surface area contributed by atoms with Gasteiger partial charge >= 0.3 is 0 Å². The molecule has 0 saturated carbocycles. The second kappa shape index (κ2) is 12.7. The summed E-state index contributed by atoms with van der Waals surface area (Å²) >= 11 is 0. The fourth-order valence-corrected chi connectivity index (χ4v) is 3.91. The van der Waals surface area contributed by atoms with Gasteiger partial charge in [0, 0.05) is 65.3 Å². The van der Waals surface area contributed by atoms with Crippen LogP contribution >= 0.6 is 24.0 Å².